The number of carbonyl (C=O) groups excluding carboxylic acids is 1. The Hall–Kier alpha value is -3.19. The summed E-state index contributed by atoms with van der Waals surface area (Å²) in [5, 5.41) is 18.5. The molecule has 0 saturated carbocycles. The third-order valence-electron chi connectivity index (χ3n) is 3.84. The molecule has 0 bridgehead atoms. The summed E-state index contributed by atoms with van der Waals surface area (Å²) in [4.78, 5) is 22.9. The summed E-state index contributed by atoms with van der Waals surface area (Å²) >= 11 is 5.99. The van der Waals surface area contributed by atoms with Crippen molar-refractivity contribution >= 4 is 29.0 Å². The number of aromatic nitrogens is 2. The Balaban J connectivity index is 1.77. The summed E-state index contributed by atoms with van der Waals surface area (Å²) in [5.74, 6) is 0.154. The van der Waals surface area contributed by atoms with Gasteiger partial charge in [0.15, 0.2) is 0 Å². The van der Waals surface area contributed by atoms with E-state index in [2.05, 4.69) is 10.4 Å². The number of anilines is 1. The average Bonchev–Trinajstić information content (AvgIpc) is 3.01. The van der Waals surface area contributed by atoms with Crippen molar-refractivity contribution in [2.75, 3.05) is 5.32 Å². The maximum atomic E-state index is 12.5. The van der Waals surface area contributed by atoms with Gasteiger partial charge in [0.05, 0.1) is 17.7 Å². The summed E-state index contributed by atoms with van der Waals surface area (Å²) in [5.41, 5.74) is 1.69. The molecule has 0 fully saturated rings. The first-order chi connectivity index (χ1) is 12.4. The van der Waals surface area contributed by atoms with Gasteiger partial charge in [-0.15, -0.1) is 0 Å². The van der Waals surface area contributed by atoms with Gasteiger partial charge in [0, 0.05) is 28.3 Å². The highest BCUT2D eigenvalue weighted by atomic mass is 35.5. The van der Waals surface area contributed by atoms with E-state index in [0.29, 0.717) is 28.5 Å². The van der Waals surface area contributed by atoms with Crippen LogP contribution in [0.5, 0.6) is 0 Å². The molecular formula is C18H15ClN4O3. The quantitative estimate of drug-likeness (QED) is 0.541. The fourth-order valence-electron chi connectivity index (χ4n) is 2.56. The summed E-state index contributed by atoms with van der Waals surface area (Å²) < 4.78 is 1.64. The van der Waals surface area contributed by atoms with Gasteiger partial charge in [0.25, 0.3) is 11.6 Å². The minimum atomic E-state index is -0.475. The highest BCUT2D eigenvalue weighted by molar-refractivity contribution is 6.30. The number of benzene rings is 2. The van der Waals surface area contributed by atoms with Crippen molar-refractivity contribution in [3.63, 3.8) is 0 Å². The second-order valence-corrected chi connectivity index (χ2v) is 6.15. The monoisotopic (exact) mass is 370 g/mol. The minimum Gasteiger partial charge on any atom is -0.307 e. The largest absolute Gasteiger partial charge is 0.307 e. The lowest BCUT2D eigenvalue weighted by Gasteiger charge is -2.10. The molecular weight excluding hydrogens is 356 g/mol. The van der Waals surface area contributed by atoms with E-state index in [1.54, 1.807) is 29.9 Å². The molecule has 0 aliphatic heterocycles. The zero-order valence-corrected chi connectivity index (χ0v) is 14.6. The van der Waals surface area contributed by atoms with Crippen molar-refractivity contribution in [1.82, 2.24) is 9.78 Å². The van der Waals surface area contributed by atoms with E-state index in [-0.39, 0.29) is 11.6 Å². The highest BCUT2D eigenvalue weighted by Crippen LogP contribution is 2.20. The third-order valence-corrected chi connectivity index (χ3v) is 4.07. The third kappa shape index (κ3) is 3.89. The van der Waals surface area contributed by atoms with Crippen molar-refractivity contribution in [2.24, 2.45) is 0 Å². The normalized spacial score (nSPS) is 10.5. The Kier molecular flexibility index (Phi) is 4.99. The number of carbonyl (C=O) groups is 1. The molecule has 1 N–H and O–H groups in total. The van der Waals surface area contributed by atoms with Gasteiger partial charge in [-0.3, -0.25) is 14.9 Å². The van der Waals surface area contributed by atoms with E-state index >= 15 is 0 Å². The number of nitrogens with one attached hydrogen (secondary N) is 1. The van der Waals surface area contributed by atoms with Crippen LogP contribution in [0, 0.1) is 17.0 Å². The van der Waals surface area contributed by atoms with Crippen LogP contribution in [0.2, 0.25) is 5.02 Å². The summed E-state index contributed by atoms with van der Waals surface area (Å²) in [6.45, 7) is 2.04. The van der Waals surface area contributed by atoms with Gasteiger partial charge in [-0.25, -0.2) is 4.68 Å². The number of halogens is 1. The van der Waals surface area contributed by atoms with Gasteiger partial charge in [0.1, 0.15) is 5.82 Å². The van der Waals surface area contributed by atoms with Crippen LogP contribution in [0.4, 0.5) is 11.5 Å². The number of nitrogens with zero attached hydrogens (tertiary/aromatic N) is 3. The van der Waals surface area contributed by atoms with Crippen LogP contribution in [0.1, 0.15) is 21.5 Å². The molecule has 0 aliphatic rings. The lowest BCUT2D eigenvalue weighted by Crippen LogP contribution is -2.16. The molecule has 8 heteroatoms. The molecule has 1 heterocycles. The van der Waals surface area contributed by atoms with Gasteiger partial charge in [-0.2, -0.15) is 5.10 Å². The fraction of sp³-hybridized carbons (Fsp3) is 0.111. The number of rotatable bonds is 5. The molecule has 0 atom stereocenters. The SMILES string of the molecule is Cc1cc(C(=O)Nc2ccnn2Cc2cccc(Cl)c2)ccc1[N+](=O)[O-]. The molecule has 0 aliphatic carbocycles. The average molecular weight is 371 g/mol. The van der Waals surface area contributed by atoms with Gasteiger partial charge in [-0.05, 0) is 36.8 Å². The predicted octanol–water partition coefficient (Wildman–Crippen LogP) is 4.05. The molecule has 1 aromatic heterocycles. The number of amides is 1. The van der Waals surface area contributed by atoms with Crippen molar-refractivity contribution < 1.29 is 9.72 Å². The number of nitro groups is 1. The van der Waals surface area contributed by atoms with Crippen LogP contribution in [-0.2, 0) is 6.54 Å². The lowest BCUT2D eigenvalue weighted by atomic mass is 10.1. The molecule has 0 spiro atoms. The zero-order valence-electron chi connectivity index (χ0n) is 13.8. The minimum absolute atomic E-state index is 0.0208. The van der Waals surface area contributed by atoms with E-state index in [4.69, 9.17) is 11.6 Å². The summed E-state index contributed by atoms with van der Waals surface area (Å²) in [7, 11) is 0. The highest BCUT2D eigenvalue weighted by Gasteiger charge is 2.15. The van der Waals surface area contributed by atoms with E-state index in [0.717, 1.165) is 5.56 Å². The molecule has 132 valence electrons. The molecule has 7 nitrogen and oxygen atoms in total. The number of hydrogen-bond acceptors (Lipinski definition) is 4. The molecule has 3 aromatic rings. The predicted molar refractivity (Wildman–Crippen MR) is 98.6 cm³/mol. The van der Waals surface area contributed by atoms with E-state index in [9.17, 15) is 14.9 Å². The Morgan fingerprint density at radius 3 is 2.77 bits per heavy atom. The van der Waals surface area contributed by atoms with Crippen molar-refractivity contribution in [3.05, 3.63) is 86.6 Å². The second kappa shape index (κ2) is 7.37. The van der Waals surface area contributed by atoms with Crippen LogP contribution >= 0.6 is 11.6 Å². The smallest absolute Gasteiger partial charge is 0.272 e. The standard InChI is InChI=1S/C18H15ClN4O3/c1-12-9-14(5-6-16(12)23(25)26)18(24)21-17-7-8-20-22(17)11-13-3-2-4-15(19)10-13/h2-10H,11H2,1H3,(H,21,24). The molecule has 0 radical (unpaired) electrons. The second-order valence-electron chi connectivity index (χ2n) is 5.72. The van der Waals surface area contributed by atoms with Crippen LogP contribution in [0.3, 0.4) is 0 Å². The summed E-state index contributed by atoms with van der Waals surface area (Å²) in [6, 6.07) is 13.3. The fourth-order valence-corrected chi connectivity index (χ4v) is 2.78. The maximum absolute atomic E-state index is 12.5. The molecule has 3 rings (SSSR count). The number of hydrogen-bond donors (Lipinski definition) is 1. The van der Waals surface area contributed by atoms with Gasteiger partial charge >= 0.3 is 0 Å². The molecule has 26 heavy (non-hydrogen) atoms. The van der Waals surface area contributed by atoms with E-state index in [1.807, 2.05) is 18.2 Å². The first-order valence-corrected chi connectivity index (χ1v) is 8.14. The van der Waals surface area contributed by atoms with Crippen molar-refractivity contribution in [1.29, 1.82) is 0 Å². The lowest BCUT2D eigenvalue weighted by molar-refractivity contribution is -0.385. The molecule has 2 aromatic carbocycles. The zero-order chi connectivity index (χ0) is 18.7. The van der Waals surface area contributed by atoms with Gasteiger partial charge < -0.3 is 5.32 Å². The van der Waals surface area contributed by atoms with Crippen LogP contribution < -0.4 is 5.32 Å². The summed E-state index contributed by atoms with van der Waals surface area (Å²) in [6.07, 6.45) is 1.58. The molecule has 1 amide bonds. The van der Waals surface area contributed by atoms with Crippen LogP contribution in [-0.4, -0.2) is 20.6 Å². The molecule has 0 unspecified atom stereocenters. The Labute approximate surface area is 154 Å². The first kappa shape index (κ1) is 17.6. The van der Waals surface area contributed by atoms with Crippen LogP contribution in [0.15, 0.2) is 54.7 Å². The maximum Gasteiger partial charge on any atom is 0.272 e. The molecule has 0 saturated heterocycles. The van der Waals surface area contributed by atoms with Crippen LogP contribution in [0.25, 0.3) is 0 Å². The van der Waals surface area contributed by atoms with Crippen molar-refractivity contribution in [3.8, 4) is 0 Å². The van der Waals surface area contributed by atoms with Gasteiger partial charge in [-0.1, -0.05) is 23.7 Å². The number of aryl methyl sites for hydroxylation is 1. The first-order valence-electron chi connectivity index (χ1n) is 7.76. The Bertz CT molecular complexity index is 984. The van der Waals surface area contributed by atoms with E-state index < -0.39 is 4.92 Å². The van der Waals surface area contributed by atoms with Crippen molar-refractivity contribution in [2.45, 2.75) is 13.5 Å². The van der Waals surface area contributed by atoms with E-state index in [1.165, 1.54) is 18.2 Å². The number of nitro benzene ring substituents is 1. The van der Waals surface area contributed by atoms with Gasteiger partial charge in [0.2, 0.25) is 0 Å². The topological polar surface area (TPSA) is 90.1 Å². The Morgan fingerprint density at radius 2 is 2.08 bits per heavy atom. The Morgan fingerprint density at radius 1 is 1.27 bits per heavy atom.